The Kier molecular flexibility index (Phi) is 4.95. The maximum absolute atomic E-state index is 12.0. The first-order chi connectivity index (χ1) is 10.2. The summed E-state index contributed by atoms with van der Waals surface area (Å²) in [6.07, 6.45) is 3.43. The van der Waals surface area contributed by atoms with Gasteiger partial charge in [-0.1, -0.05) is 12.1 Å². The largest absolute Gasteiger partial charge is 0.351 e. The van der Waals surface area contributed by atoms with Crippen LogP contribution in [-0.2, 0) is 5.54 Å². The highest BCUT2D eigenvalue weighted by molar-refractivity contribution is 5.85. The number of aromatic nitrogens is 2. The molecule has 0 unspecified atom stereocenters. The van der Waals surface area contributed by atoms with Crippen LogP contribution in [0.25, 0.3) is 0 Å². The van der Waals surface area contributed by atoms with Crippen LogP contribution in [0.4, 0.5) is 4.79 Å². The molecule has 2 aromatic heterocycles. The number of rotatable bonds is 2. The van der Waals surface area contributed by atoms with Crippen LogP contribution in [0, 0.1) is 0 Å². The number of pyridine rings is 2. The molecule has 0 aromatic carbocycles. The second-order valence-corrected chi connectivity index (χ2v) is 4.96. The van der Waals surface area contributed by atoms with Gasteiger partial charge in [0.15, 0.2) is 0 Å². The molecule has 1 saturated heterocycles. The van der Waals surface area contributed by atoms with Crippen molar-refractivity contribution < 1.29 is 4.79 Å². The summed E-state index contributed by atoms with van der Waals surface area (Å²) in [7, 11) is 0. The molecule has 0 saturated carbocycles. The van der Waals surface area contributed by atoms with Gasteiger partial charge in [0.25, 0.3) is 0 Å². The van der Waals surface area contributed by atoms with Crippen LogP contribution in [0.5, 0.6) is 0 Å². The third kappa shape index (κ3) is 2.63. The summed E-state index contributed by atoms with van der Waals surface area (Å²) in [6.45, 7) is 1.75. The van der Waals surface area contributed by atoms with E-state index in [9.17, 15) is 4.79 Å². The predicted octanol–water partition coefficient (Wildman–Crippen LogP) is 1.13. The Balaban J connectivity index is 0.00000176. The molecule has 0 spiro atoms. The fraction of sp³-hybridized carbons (Fsp3) is 0.267. The van der Waals surface area contributed by atoms with E-state index in [0.29, 0.717) is 19.6 Å². The van der Waals surface area contributed by atoms with E-state index in [1.54, 1.807) is 17.3 Å². The molecule has 0 bridgehead atoms. The first kappa shape index (κ1) is 16.2. The number of piperazine rings is 1. The molecule has 1 aliphatic rings. The molecule has 2 amide bonds. The zero-order valence-electron chi connectivity index (χ0n) is 12.0. The Bertz CT molecular complexity index is 583. The van der Waals surface area contributed by atoms with E-state index in [1.807, 2.05) is 36.4 Å². The molecule has 3 rings (SSSR count). The summed E-state index contributed by atoms with van der Waals surface area (Å²) in [4.78, 5) is 22.5. The highest BCUT2D eigenvalue weighted by Crippen LogP contribution is 2.34. The van der Waals surface area contributed by atoms with Crippen molar-refractivity contribution in [1.82, 2.24) is 20.2 Å². The van der Waals surface area contributed by atoms with E-state index in [-0.39, 0.29) is 12.4 Å². The molecule has 3 heterocycles. The van der Waals surface area contributed by atoms with Crippen molar-refractivity contribution in [1.29, 1.82) is 0 Å². The smallest absolute Gasteiger partial charge is 0.315 e. The van der Waals surface area contributed by atoms with E-state index in [4.69, 9.17) is 5.73 Å². The topological polar surface area (TPSA) is 84.1 Å². The van der Waals surface area contributed by atoms with Crippen molar-refractivity contribution in [2.75, 3.05) is 19.6 Å². The number of nitrogens with two attached hydrogens (primary N) is 1. The van der Waals surface area contributed by atoms with Crippen LogP contribution >= 0.6 is 12.4 Å². The van der Waals surface area contributed by atoms with Crippen LogP contribution in [0.15, 0.2) is 48.8 Å². The van der Waals surface area contributed by atoms with Crippen molar-refractivity contribution in [3.63, 3.8) is 0 Å². The Morgan fingerprint density at radius 2 is 1.73 bits per heavy atom. The average molecular weight is 320 g/mol. The third-order valence-electron chi connectivity index (χ3n) is 3.80. The van der Waals surface area contributed by atoms with E-state index < -0.39 is 11.6 Å². The van der Waals surface area contributed by atoms with Crippen LogP contribution < -0.4 is 11.1 Å². The molecule has 0 radical (unpaired) electrons. The highest BCUT2D eigenvalue weighted by Gasteiger charge is 2.46. The van der Waals surface area contributed by atoms with Crippen LogP contribution in [0.2, 0.25) is 0 Å². The molecule has 7 heteroatoms. The molecular formula is C15H18ClN5O. The first-order valence-electron chi connectivity index (χ1n) is 6.86. The number of primary amides is 1. The molecule has 6 nitrogen and oxygen atoms in total. The van der Waals surface area contributed by atoms with Gasteiger partial charge in [0.1, 0.15) is 5.54 Å². The first-order valence-corrected chi connectivity index (χ1v) is 6.86. The van der Waals surface area contributed by atoms with Gasteiger partial charge in [0, 0.05) is 32.0 Å². The minimum absolute atomic E-state index is 0. The zero-order chi connectivity index (χ0) is 14.7. The Hall–Kier alpha value is -2.18. The number of nitrogens with zero attached hydrogens (tertiary/aromatic N) is 3. The van der Waals surface area contributed by atoms with Gasteiger partial charge in [0.05, 0.1) is 11.4 Å². The standard InChI is InChI=1S/C15H17N5O.ClH/c16-14(21)20-10-9-17-11-15(20,12-5-1-3-7-18-12)13-6-2-4-8-19-13;/h1-8,17H,9-11H2,(H2,16,21);1H. The second kappa shape index (κ2) is 6.72. The molecule has 1 fully saturated rings. The van der Waals surface area contributed by atoms with Gasteiger partial charge in [-0.3, -0.25) is 9.97 Å². The van der Waals surface area contributed by atoms with Gasteiger partial charge < -0.3 is 16.0 Å². The molecule has 2 aromatic rings. The lowest BCUT2D eigenvalue weighted by molar-refractivity contribution is 0.114. The SMILES string of the molecule is Cl.NC(=O)N1CCNCC1(c1ccccn1)c1ccccn1. The number of hydrogen-bond acceptors (Lipinski definition) is 4. The summed E-state index contributed by atoms with van der Waals surface area (Å²) < 4.78 is 0. The van der Waals surface area contributed by atoms with Crippen molar-refractivity contribution in [2.24, 2.45) is 5.73 Å². The summed E-state index contributed by atoms with van der Waals surface area (Å²) in [5.41, 5.74) is 6.37. The van der Waals surface area contributed by atoms with Crippen LogP contribution in [0.1, 0.15) is 11.4 Å². The lowest BCUT2D eigenvalue weighted by Crippen LogP contribution is -2.63. The average Bonchev–Trinajstić information content (AvgIpc) is 2.56. The van der Waals surface area contributed by atoms with Gasteiger partial charge in [-0.2, -0.15) is 0 Å². The number of hydrogen-bond donors (Lipinski definition) is 2. The van der Waals surface area contributed by atoms with E-state index in [0.717, 1.165) is 11.4 Å². The van der Waals surface area contributed by atoms with E-state index in [1.165, 1.54) is 0 Å². The normalized spacial score (nSPS) is 16.6. The van der Waals surface area contributed by atoms with Crippen LogP contribution in [-0.4, -0.2) is 40.5 Å². The van der Waals surface area contributed by atoms with Gasteiger partial charge >= 0.3 is 6.03 Å². The predicted molar refractivity (Wildman–Crippen MR) is 85.7 cm³/mol. The lowest BCUT2D eigenvalue weighted by Gasteiger charge is -2.45. The lowest BCUT2D eigenvalue weighted by atomic mass is 9.86. The fourth-order valence-corrected chi connectivity index (χ4v) is 2.85. The van der Waals surface area contributed by atoms with Crippen LogP contribution in [0.3, 0.4) is 0 Å². The van der Waals surface area contributed by atoms with Crippen molar-refractivity contribution >= 4 is 18.4 Å². The van der Waals surface area contributed by atoms with Gasteiger partial charge in [-0.25, -0.2) is 4.79 Å². The number of amides is 2. The van der Waals surface area contributed by atoms with E-state index >= 15 is 0 Å². The minimum Gasteiger partial charge on any atom is -0.351 e. The van der Waals surface area contributed by atoms with Crippen molar-refractivity contribution in [2.45, 2.75) is 5.54 Å². The highest BCUT2D eigenvalue weighted by atomic mass is 35.5. The quantitative estimate of drug-likeness (QED) is 0.869. The molecular weight excluding hydrogens is 302 g/mol. The third-order valence-corrected chi connectivity index (χ3v) is 3.80. The molecule has 0 aliphatic carbocycles. The molecule has 22 heavy (non-hydrogen) atoms. The molecule has 0 atom stereocenters. The fourth-order valence-electron chi connectivity index (χ4n) is 2.85. The van der Waals surface area contributed by atoms with E-state index in [2.05, 4.69) is 15.3 Å². The number of nitrogens with one attached hydrogen (secondary N) is 1. The Labute approximate surface area is 135 Å². The summed E-state index contributed by atoms with van der Waals surface area (Å²) in [5.74, 6) is 0. The summed E-state index contributed by atoms with van der Waals surface area (Å²) in [6, 6.07) is 10.8. The number of halogens is 1. The summed E-state index contributed by atoms with van der Waals surface area (Å²) in [5, 5.41) is 3.33. The van der Waals surface area contributed by atoms with Gasteiger partial charge in [0.2, 0.25) is 0 Å². The summed E-state index contributed by atoms with van der Waals surface area (Å²) >= 11 is 0. The zero-order valence-corrected chi connectivity index (χ0v) is 12.8. The minimum atomic E-state index is -0.771. The van der Waals surface area contributed by atoms with Gasteiger partial charge in [-0.05, 0) is 24.3 Å². The number of carbonyl (C=O) groups is 1. The Morgan fingerprint density at radius 1 is 1.14 bits per heavy atom. The second-order valence-electron chi connectivity index (χ2n) is 4.96. The van der Waals surface area contributed by atoms with Crippen molar-refractivity contribution in [3.05, 3.63) is 60.2 Å². The monoisotopic (exact) mass is 319 g/mol. The molecule has 1 aliphatic heterocycles. The molecule has 116 valence electrons. The Morgan fingerprint density at radius 3 is 2.18 bits per heavy atom. The number of carbonyl (C=O) groups excluding carboxylic acids is 1. The molecule has 3 N–H and O–H groups in total. The van der Waals surface area contributed by atoms with Crippen molar-refractivity contribution in [3.8, 4) is 0 Å². The maximum atomic E-state index is 12.0. The maximum Gasteiger partial charge on any atom is 0.315 e. The van der Waals surface area contributed by atoms with Gasteiger partial charge in [-0.15, -0.1) is 12.4 Å². The number of urea groups is 1.